The Hall–Kier alpha value is -4.81. The lowest BCUT2D eigenvalue weighted by atomic mass is 9.96. The second-order valence-electron chi connectivity index (χ2n) is 10.00. The number of anilines is 1. The third kappa shape index (κ3) is 5.26. The highest BCUT2D eigenvalue weighted by Crippen LogP contribution is 2.44. The van der Waals surface area contributed by atoms with Crippen LogP contribution < -0.4 is 9.64 Å². The van der Waals surface area contributed by atoms with Crippen LogP contribution in [0, 0.1) is 19.7 Å². The predicted molar refractivity (Wildman–Crippen MR) is 167 cm³/mol. The normalized spacial score (nSPS) is 16.2. The van der Waals surface area contributed by atoms with Gasteiger partial charge in [0.05, 0.1) is 17.3 Å². The zero-order valence-electron chi connectivity index (χ0n) is 23.7. The molecule has 5 aromatic rings. The van der Waals surface area contributed by atoms with Gasteiger partial charge >= 0.3 is 5.91 Å². The van der Waals surface area contributed by atoms with Crippen molar-refractivity contribution in [3.63, 3.8) is 0 Å². The molecule has 1 atom stereocenters. The maximum Gasteiger partial charge on any atom is 0.301 e. The van der Waals surface area contributed by atoms with E-state index in [1.807, 2.05) is 29.7 Å². The number of ketones is 1. The molecule has 2 aromatic carbocycles. The number of imidazole rings is 1. The van der Waals surface area contributed by atoms with Crippen LogP contribution in [0.5, 0.6) is 5.75 Å². The fourth-order valence-electron chi connectivity index (χ4n) is 5.03. The highest BCUT2D eigenvalue weighted by Gasteiger charge is 2.49. The Morgan fingerprint density at radius 3 is 2.61 bits per heavy atom. The van der Waals surface area contributed by atoms with Crippen LogP contribution in [-0.4, -0.2) is 43.0 Å². The molecule has 0 bridgehead atoms. The van der Waals surface area contributed by atoms with Gasteiger partial charge in [0.1, 0.15) is 29.5 Å². The van der Waals surface area contributed by atoms with Gasteiger partial charge < -0.3 is 14.2 Å². The zero-order chi connectivity index (χ0) is 31.0. The maximum atomic E-state index is 14.2. The van der Waals surface area contributed by atoms with E-state index in [4.69, 9.17) is 4.74 Å². The number of aliphatic hydroxyl groups excluding tert-OH is 1. The lowest BCUT2D eigenvalue weighted by molar-refractivity contribution is -0.132. The summed E-state index contributed by atoms with van der Waals surface area (Å²) in [5, 5.41) is 20.3. The van der Waals surface area contributed by atoms with Crippen LogP contribution in [0.2, 0.25) is 0 Å². The van der Waals surface area contributed by atoms with Crippen molar-refractivity contribution in [2.24, 2.45) is 0 Å². The van der Waals surface area contributed by atoms with Crippen LogP contribution in [0.3, 0.4) is 0 Å². The number of aromatic nitrogens is 4. The number of halogens is 1. The molecule has 0 spiro atoms. The van der Waals surface area contributed by atoms with Gasteiger partial charge in [-0.3, -0.25) is 14.5 Å². The number of aryl methyl sites for hydroxylation is 2. The molecule has 4 heterocycles. The highest BCUT2D eigenvalue weighted by molar-refractivity contribution is 8.00. The van der Waals surface area contributed by atoms with Crippen LogP contribution in [0.25, 0.3) is 11.4 Å². The molecule has 1 aliphatic rings. The molecule has 222 valence electrons. The summed E-state index contributed by atoms with van der Waals surface area (Å²) >= 11 is 2.37. The number of nitrogens with zero attached hydrogens (tertiary/aromatic N) is 5. The standard InChI is InChI=1S/C32H26FN5O4S2/c1-4-16-42-22-13-11-20(12-14-22)26-24(27(39)25-19(3)37-15-7-8-18(2)29(37)34-25)28(40)30(41)38(26)31-35-36-32(44-31)43-17-21-9-5-6-10-23(21)33/h4-15,26,39H,1,16-17H2,2-3H3. The van der Waals surface area contributed by atoms with Crippen LogP contribution in [0.1, 0.15) is 34.1 Å². The minimum atomic E-state index is -1.02. The number of aliphatic hydroxyl groups is 1. The van der Waals surface area contributed by atoms with Gasteiger partial charge in [-0.2, -0.15) is 0 Å². The number of hydrogen-bond donors (Lipinski definition) is 1. The molecular formula is C32H26FN5O4S2. The maximum absolute atomic E-state index is 14.2. The van der Waals surface area contributed by atoms with Crippen molar-refractivity contribution >= 4 is 51.3 Å². The molecule has 3 aromatic heterocycles. The minimum absolute atomic E-state index is 0.116. The largest absolute Gasteiger partial charge is 0.505 e. The first-order valence-corrected chi connectivity index (χ1v) is 15.4. The van der Waals surface area contributed by atoms with E-state index >= 15 is 0 Å². The number of amides is 1. The number of carbonyl (C=O) groups is 2. The summed E-state index contributed by atoms with van der Waals surface area (Å²) < 4.78 is 22.1. The second kappa shape index (κ2) is 12.1. The van der Waals surface area contributed by atoms with Crippen molar-refractivity contribution in [1.29, 1.82) is 0 Å². The third-order valence-electron chi connectivity index (χ3n) is 7.23. The molecule has 44 heavy (non-hydrogen) atoms. The number of ether oxygens (including phenoxy) is 1. The quantitative estimate of drug-likeness (QED) is 0.0498. The van der Waals surface area contributed by atoms with Gasteiger partial charge in [-0.15, -0.1) is 10.2 Å². The molecule has 12 heteroatoms. The second-order valence-corrected chi connectivity index (χ2v) is 12.2. The fourth-order valence-corrected chi connectivity index (χ4v) is 6.89. The number of fused-ring (bicyclic) bond motifs is 1. The minimum Gasteiger partial charge on any atom is -0.505 e. The summed E-state index contributed by atoms with van der Waals surface area (Å²) in [6.45, 7) is 7.65. The fraction of sp³-hybridized carbons (Fsp3) is 0.156. The molecular weight excluding hydrogens is 602 g/mol. The summed E-state index contributed by atoms with van der Waals surface area (Å²) in [7, 11) is 0. The van der Waals surface area contributed by atoms with Gasteiger partial charge in [-0.05, 0) is 54.8 Å². The summed E-state index contributed by atoms with van der Waals surface area (Å²) in [4.78, 5) is 33.2. The topological polar surface area (TPSA) is 110 Å². The van der Waals surface area contributed by atoms with E-state index in [9.17, 15) is 19.1 Å². The molecule has 1 N–H and O–H groups in total. The summed E-state index contributed by atoms with van der Waals surface area (Å²) in [6.07, 6.45) is 3.44. The van der Waals surface area contributed by atoms with Crippen molar-refractivity contribution in [2.45, 2.75) is 30.0 Å². The average Bonchev–Trinajstić information content (AvgIpc) is 3.71. The molecule has 0 radical (unpaired) electrons. The van der Waals surface area contributed by atoms with Gasteiger partial charge in [-0.25, -0.2) is 9.37 Å². The highest BCUT2D eigenvalue weighted by atomic mass is 32.2. The summed E-state index contributed by atoms with van der Waals surface area (Å²) in [5.41, 5.74) is 3.26. The van der Waals surface area contributed by atoms with Gasteiger partial charge in [0, 0.05) is 11.9 Å². The zero-order valence-corrected chi connectivity index (χ0v) is 25.4. The SMILES string of the molecule is C=CCOc1ccc(C2C(=C(O)c3nc4c(C)cccn4c3C)C(=O)C(=O)N2c2nnc(SCc3ccccc3F)s2)cc1. The monoisotopic (exact) mass is 627 g/mol. The van der Waals surface area contributed by atoms with Crippen molar-refractivity contribution in [1.82, 2.24) is 19.6 Å². The van der Waals surface area contributed by atoms with E-state index in [2.05, 4.69) is 21.8 Å². The molecule has 1 aliphatic heterocycles. The van der Waals surface area contributed by atoms with Crippen LogP contribution in [0.15, 0.2) is 89.4 Å². The number of rotatable bonds is 9. The third-order valence-corrected chi connectivity index (χ3v) is 9.33. The predicted octanol–water partition coefficient (Wildman–Crippen LogP) is 6.43. The lowest BCUT2D eigenvalue weighted by Gasteiger charge is -2.22. The number of hydrogen-bond acceptors (Lipinski definition) is 9. The Labute approximate surface area is 260 Å². The molecule has 1 saturated heterocycles. The lowest BCUT2D eigenvalue weighted by Crippen LogP contribution is -2.29. The molecule has 9 nitrogen and oxygen atoms in total. The van der Waals surface area contributed by atoms with E-state index in [1.165, 1.54) is 22.7 Å². The first-order valence-electron chi connectivity index (χ1n) is 13.6. The van der Waals surface area contributed by atoms with Crippen molar-refractivity contribution in [3.8, 4) is 5.75 Å². The Kier molecular flexibility index (Phi) is 8.02. The summed E-state index contributed by atoms with van der Waals surface area (Å²) in [5.74, 6) is -1.57. The first kappa shape index (κ1) is 29.3. The molecule has 1 amide bonds. The molecule has 1 unspecified atom stereocenters. The van der Waals surface area contributed by atoms with Crippen molar-refractivity contribution in [3.05, 3.63) is 119 Å². The van der Waals surface area contributed by atoms with Crippen molar-refractivity contribution in [2.75, 3.05) is 11.5 Å². The van der Waals surface area contributed by atoms with E-state index in [-0.39, 0.29) is 28.0 Å². The number of thioether (sulfide) groups is 1. The van der Waals surface area contributed by atoms with Gasteiger partial charge in [0.25, 0.3) is 5.78 Å². The first-order chi connectivity index (χ1) is 21.3. The van der Waals surface area contributed by atoms with Gasteiger partial charge in [-0.1, -0.05) is 72.2 Å². The Morgan fingerprint density at radius 1 is 1.11 bits per heavy atom. The van der Waals surface area contributed by atoms with Gasteiger partial charge in [0.2, 0.25) is 5.13 Å². The van der Waals surface area contributed by atoms with E-state index in [0.717, 1.165) is 16.9 Å². The number of pyridine rings is 1. The van der Waals surface area contributed by atoms with Gasteiger partial charge in [0.15, 0.2) is 10.1 Å². The van der Waals surface area contributed by atoms with Crippen LogP contribution in [-0.2, 0) is 15.3 Å². The molecule has 1 fully saturated rings. The van der Waals surface area contributed by atoms with Crippen LogP contribution in [0.4, 0.5) is 9.52 Å². The average molecular weight is 628 g/mol. The van der Waals surface area contributed by atoms with Crippen LogP contribution >= 0.6 is 23.1 Å². The molecule has 6 rings (SSSR count). The number of carbonyl (C=O) groups excluding carboxylic acids is 2. The molecule has 0 aliphatic carbocycles. The van der Waals surface area contributed by atoms with Crippen molar-refractivity contribution < 1.29 is 23.8 Å². The Balaban J connectivity index is 1.43. The van der Waals surface area contributed by atoms with E-state index in [0.29, 0.717) is 44.9 Å². The smallest absolute Gasteiger partial charge is 0.301 e. The Bertz CT molecular complexity index is 1950. The number of Topliss-reactive ketones (excluding diaryl/α,β-unsaturated/α-hetero) is 1. The van der Waals surface area contributed by atoms with E-state index < -0.39 is 17.7 Å². The molecule has 0 saturated carbocycles. The Morgan fingerprint density at radius 2 is 1.89 bits per heavy atom. The number of benzene rings is 2. The van der Waals surface area contributed by atoms with E-state index in [1.54, 1.807) is 55.5 Å². The summed E-state index contributed by atoms with van der Waals surface area (Å²) in [6, 6.07) is 16.1.